The standard InChI is InChI=1S/C27H31N/c1-26(2,3)21-12-14-22(15-13-21)27(4,5)28-23-16-17-25-20(18-23)11-10-19-8-6-7-9-24(19)25/h6-12,14-18,21,28H,13H2,1-5H3. The van der Waals surface area contributed by atoms with Crippen LogP contribution in [0.15, 0.2) is 78.4 Å². The van der Waals surface area contributed by atoms with Crippen LogP contribution < -0.4 is 5.32 Å². The van der Waals surface area contributed by atoms with E-state index in [1.165, 1.54) is 32.8 Å². The predicted octanol–water partition coefficient (Wildman–Crippen LogP) is 7.73. The van der Waals surface area contributed by atoms with Crippen molar-refractivity contribution in [3.8, 4) is 0 Å². The van der Waals surface area contributed by atoms with E-state index in [-0.39, 0.29) is 5.54 Å². The fraction of sp³-hybridized carbons (Fsp3) is 0.333. The number of allylic oxidation sites excluding steroid dienone is 2. The Labute approximate surface area is 169 Å². The molecule has 0 fully saturated rings. The van der Waals surface area contributed by atoms with Crippen molar-refractivity contribution in [1.82, 2.24) is 0 Å². The minimum atomic E-state index is -0.107. The minimum absolute atomic E-state index is 0.107. The summed E-state index contributed by atoms with van der Waals surface area (Å²) >= 11 is 0. The van der Waals surface area contributed by atoms with E-state index in [2.05, 4.69) is 113 Å². The maximum Gasteiger partial charge on any atom is 0.0565 e. The molecule has 1 N–H and O–H groups in total. The number of fused-ring (bicyclic) bond motifs is 3. The lowest BCUT2D eigenvalue weighted by Crippen LogP contribution is -2.34. The first-order valence-corrected chi connectivity index (χ1v) is 10.3. The molecule has 1 aliphatic rings. The molecule has 0 heterocycles. The van der Waals surface area contributed by atoms with E-state index in [1.807, 2.05) is 0 Å². The fourth-order valence-electron chi connectivity index (χ4n) is 4.25. The lowest BCUT2D eigenvalue weighted by molar-refractivity contribution is 0.292. The predicted molar refractivity (Wildman–Crippen MR) is 124 cm³/mol. The third-order valence-corrected chi connectivity index (χ3v) is 6.14. The Bertz CT molecular complexity index is 1080. The van der Waals surface area contributed by atoms with Crippen LogP contribution in [0.1, 0.15) is 41.0 Å². The lowest BCUT2D eigenvalue weighted by Gasteiger charge is -2.35. The Morgan fingerprint density at radius 1 is 0.821 bits per heavy atom. The second-order valence-electron chi connectivity index (χ2n) is 9.70. The molecule has 3 aromatic carbocycles. The zero-order valence-electron chi connectivity index (χ0n) is 17.7. The van der Waals surface area contributed by atoms with Gasteiger partial charge in [-0.3, -0.25) is 0 Å². The van der Waals surface area contributed by atoms with Crippen molar-refractivity contribution < 1.29 is 0 Å². The lowest BCUT2D eigenvalue weighted by atomic mass is 9.74. The first kappa shape index (κ1) is 18.8. The number of rotatable bonds is 3. The molecule has 0 amide bonds. The highest BCUT2D eigenvalue weighted by Crippen LogP contribution is 2.36. The van der Waals surface area contributed by atoms with Gasteiger partial charge in [0, 0.05) is 5.69 Å². The molecule has 0 radical (unpaired) electrons. The van der Waals surface area contributed by atoms with Gasteiger partial charge in [0.1, 0.15) is 0 Å². The summed E-state index contributed by atoms with van der Waals surface area (Å²) in [6.07, 6.45) is 8.24. The average Bonchev–Trinajstić information content (AvgIpc) is 2.67. The molecule has 0 aliphatic heterocycles. The van der Waals surface area contributed by atoms with Crippen molar-refractivity contribution in [2.75, 3.05) is 5.32 Å². The van der Waals surface area contributed by atoms with Crippen molar-refractivity contribution in [3.63, 3.8) is 0 Å². The maximum atomic E-state index is 3.76. The molecule has 4 rings (SSSR count). The summed E-state index contributed by atoms with van der Waals surface area (Å²) in [5, 5.41) is 8.96. The van der Waals surface area contributed by atoms with E-state index in [9.17, 15) is 0 Å². The third kappa shape index (κ3) is 3.58. The number of nitrogens with one attached hydrogen (secondary N) is 1. The van der Waals surface area contributed by atoms with Crippen LogP contribution in [0.25, 0.3) is 21.5 Å². The summed E-state index contributed by atoms with van der Waals surface area (Å²) in [5.74, 6) is 0.612. The first-order chi connectivity index (χ1) is 13.2. The van der Waals surface area contributed by atoms with Gasteiger partial charge in [0.2, 0.25) is 0 Å². The largest absolute Gasteiger partial charge is 0.376 e. The van der Waals surface area contributed by atoms with Crippen molar-refractivity contribution in [3.05, 3.63) is 78.4 Å². The van der Waals surface area contributed by atoms with Crippen LogP contribution in [0, 0.1) is 11.3 Å². The molecule has 1 aliphatic carbocycles. The Balaban J connectivity index is 1.60. The number of hydrogen-bond acceptors (Lipinski definition) is 1. The van der Waals surface area contributed by atoms with Crippen LogP contribution in [-0.2, 0) is 0 Å². The van der Waals surface area contributed by atoms with Gasteiger partial charge in [-0.1, -0.05) is 81.5 Å². The SMILES string of the molecule is CC(C)(Nc1ccc2c(ccc3ccccc32)c1)C1=CCC(C(C)(C)C)C=C1. The van der Waals surface area contributed by atoms with E-state index in [0.29, 0.717) is 11.3 Å². The second-order valence-corrected chi connectivity index (χ2v) is 9.70. The van der Waals surface area contributed by atoms with Crippen molar-refractivity contribution in [2.24, 2.45) is 11.3 Å². The van der Waals surface area contributed by atoms with E-state index in [1.54, 1.807) is 0 Å². The quantitative estimate of drug-likeness (QED) is 0.466. The molecule has 1 nitrogen and oxygen atoms in total. The van der Waals surface area contributed by atoms with Gasteiger partial charge >= 0.3 is 0 Å². The summed E-state index contributed by atoms with van der Waals surface area (Å²) < 4.78 is 0. The first-order valence-electron chi connectivity index (χ1n) is 10.3. The molecule has 0 aromatic heterocycles. The molecule has 1 atom stereocenters. The van der Waals surface area contributed by atoms with Gasteiger partial charge in [-0.25, -0.2) is 0 Å². The van der Waals surface area contributed by atoms with Gasteiger partial charge in [0.05, 0.1) is 5.54 Å². The van der Waals surface area contributed by atoms with E-state index < -0.39 is 0 Å². The molecule has 3 aromatic rings. The number of hydrogen-bond donors (Lipinski definition) is 1. The molecule has 144 valence electrons. The molecule has 1 heteroatoms. The molecular formula is C27H31N. The average molecular weight is 370 g/mol. The van der Waals surface area contributed by atoms with Crippen LogP contribution in [0.4, 0.5) is 5.69 Å². The van der Waals surface area contributed by atoms with Crippen LogP contribution >= 0.6 is 0 Å². The van der Waals surface area contributed by atoms with Crippen molar-refractivity contribution in [1.29, 1.82) is 0 Å². The Hall–Kier alpha value is -2.54. The molecule has 28 heavy (non-hydrogen) atoms. The van der Waals surface area contributed by atoms with Gasteiger partial charge in [-0.05, 0) is 70.9 Å². The highest BCUT2D eigenvalue weighted by Gasteiger charge is 2.27. The summed E-state index contributed by atoms with van der Waals surface area (Å²) in [5.41, 5.74) is 2.74. The number of anilines is 1. The normalized spacial score (nSPS) is 17.8. The number of benzene rings is 3. The summed E-state index contributed by atoms with van der Waals surface area (Å²) in [6, 6.07) is 19.8. The zero-order valence-corrected chi connectivity index (χ0v) is 17.7. The highest BCUT2D eigenvalue weighted by molar-refractivity contribution is 6.08. The van der Waals surface area contributed by atoms with Crippen molar-refractivity contribution in [2.45, 2.75) is 46.6 Å². The van der Waals surface area contributed by atoms with Gasteiger partial charge < -0.3 is 5.32 Å². The van der Waals surface area contributed by atoms with E-state index in [0.717, 1.165) is 6.42 Å². The molecular weight excluding hydrogens is 338 g/mol. The van der Waals surface area contributed by atoms with Crippen LogP contribution in [0.3, 0.4) is 0 Å². The topological polar surface area (TPSA) is 12.0 Å². The van der Waals surface area contributed by atoms with Crippen LogP contribution in [-0.4, -0.2) is 5.54 Å². The highest BCUT2D eigenvalue weighted by atomic mass is 15.0. The minimum Gasteiger partial charge on any atom is -0.376 e. The molecule has 0 saturated carbocycles. The van der Waals surface area contributed by atoms with Gasteiger partial charge in [-0.15, -0.1) is 0 Å². The van der Waals surface area contributed by atoms with Crippen LogP contribution in [0.2, 0.25) is 0 Å². The van der Waals surface area contributed by atoms with Gasteiger partial charge in [-0.2, -0.15) is 0 Å². The fourth-order valence-corrected chi connectivity index (χ4v) is 4.25. The van der Waals surface area contributed by atoms with E-state index >= 15 is 0 Å². The zero-order chi connectivity index (χ0) is 19.9. The molecule has 0 saturated heterocycles. The summed E-state index contributed by atoms with van der Waals surface area (Å²) in [6.45, 7) is 11.5. The van der Waals surface area contributed by atoms with Crippen molar-refractivity contribution >= 4 is 27.2 Å². The Morgan fingerprint density at radius 3 is 2.25 bits per heavy atom. The molecule has 0 spiro atoms. The molecule has 1 unspecified atom stereocenters. The van der Waals surface area contributed by atoms with E-state index in [4.69, 9.17) is 0 Å². The van der Waals surface area contributed by atoms with Gasteiger partial charge in [0.25, 0.3) is 0 Å². The van der Waals surface area contributed by atoms with Crippen LogP contribution in [0.5, 0.6) is 0 Å². The summed E-state index contributed by atoms with van der Waals surface area (Å²) in [4.78, 5) is 0. The second kappa shape index (κ2) is 6.81. The van der Waals surface area contributed by atoms with Gasteiger partial charge in [0.15, 0.2) is 0 Å². The maximum absolute atomic E-state index is 3.76. The molecule has 0 bridgehead atoms. The smallest absolute Gasteiger partial charge is 0.0565 e. The Morgan fingerprint density at radius 2 is 1.54 bits per heavy atom. The third-order valence-electron chi connectivity index (χ3n) is 6.14. The Kier molecular flexibility index (Phi) is 4.57. The monoisotopic (exact) mass is 369 g/mol. The summed E-state index contributed by atoms with van der Waals surface area (Å²) in [7, 11) is 0.